The van der Waals surface area contributed by atoms with E-state index in [0.717, 1.165) is 5.52 Å². The van der Waals surface area contributed by atoms with E-state index < -0.39 is 0 Å². The van der Waals surface area contributed by atoms with Crippen LogP contribution in [-0.4, -0.2) is 29.1 Å². The minimum Gasteiger partial charge on any atom is -0.465 e. The first kappa shape index (κ1) is 11.7. The predicted octanol–water partition coefficient (Wildman–Crippen LogP) is 1.61. The Hall–Kier alpha value is -1.41. The number of nitrogens with zero attached hydrogens (tertiary/aromatic N) is 2. The Kier molecular flexibility index (Phi) is 4.25. The van der Waals surface area contributed by atoms with Gasteiger partial charge in [-0.2, -0.15) is 0 Å². The summed E-state index contributed by atoms with van der Waals surface area (Å²) in [5, 5.41) is 0. The molecule has 0 spiro atoms. The summed E-state index contributed by atoms with van der Waals surface area (Å²) in [5.41, 5.74) is 1.29. The maximum absolute atomic E-state index is 11.3. The molecular weight excluding hydrogens is 211 g/mol. The third-order valence-electron chi connectivity index (χ3n) is 1.86. The molecule has 2 aromatic rings. The van der Waals surface area contributed by atoms with Gasteiger partial charge in [0.25, 0.3) is 0 Å². The monoisotopic (exact) mass is 224 g/mol. The number of methoxy groups -OCH3 is 1. The standard InChI is InChI=1S/C9H8N2O2.CH5P/c1-13-9(12)7-3-2-4-11-6-10-5-8(7)11;1-2/h2-6H,1H3;2H2,1H3. The Morgan fingerprint density at radius 1 is 1.53 bits per heavy atom. The van der Waals surface area contributed by atoms with E-state index in [4.69, 9.17) is 0 Å². The first-order valence-electron chi connectivity index (χ1n) is 4.39. The molecule has 2 aromatic heterocycles. The van der Waals surface area contributed by atoms with Gasteiger partial charge in [0, 0.05) is 6.20 Å². The summed E-state index contributed by atoms with van der Waals surface area (Å²) in [6.07, 6.45) is 5.10. The van der Waals surface area contributed by atoms with Crippen molar-refractivity contribution >= 4 is 20.7 Å². The maximum atomic E-state index is 11.3. The minimum atomic E-state index is -0.342. The van der Waals surface area contributed by atoms with Gasteiger partial charge in [0.05, 0.1) is 30.7 Å². The van der Waals surface area contributed by atoms with Gasteiger partial charge in [-0.05, 0) is 12.1 Å². The quantitative estimate of drug-likeness (QED) is 0.546. The number of fused-ring (bicyclic) bond motifs is 1. The second-order valence-electron chi connectivity index (χ2n) is 2.60. The van der Waals surface area contributed by atoms with Gasteiger partial charge in [-0.25, -0.2) is 9.78 Å². The third-order valence-corrected chi connectivity index (χ3v) is 1.86. The molecule has 0 aliphatic carbocycles. The Labute approximate surface area is 90.5 Å². The predicted molar refractivity (Wildman–Crippen MR) is 62.2 cm³/mol. The fourth-order valence-corrected chi connectivity index (χ4v) is 1.23. The van der Waals surface area contributed by atoms with Gasteiger partial charge < -0.3 is 9.14 Å². The number of rotatable bonds is 1. The number of pyridine rings is 1. The van der Waals surface area contributed by atoms with Crippen LogP contribution in [0, 0.1) is 0 Å². The fourth-order valence-electron chi connectivity index (χ4n) is 1.23. The van der Waals surface area contributed by atoms with Crippen LogP contribution in [0.15, 0.2) is 30.9 Å². The van der Waals surface area contributed by atoms with Crippen molar-refractivity contribution in [3.8, 4) is 0 Å². The lowest BCUT2D eigenvalue weighted by Crippen LogP contribution is -2.02. The highest BCUT2D eigenvalue weighted by atomic mass is 31.0. The smallest absolute Gasteiger partial charge is 0.340 e. The number of carbonyl (C=O) groups is 1. The molecule has 5 heteroatoms. The van der Waals surface area contributed by atoms with Crippen LogP contribution in [0.2, 0.25) is 0 Å². The molecule has 0 bridgehead atoms. The normalized spacial score (nSPS) is 9.27. The van der Waals surface area contributed by atoms with E-state index in [0.29, 0.717) is 5.56 Å². The minimum absolute atomic E-state index is 0.342. The number of carbonyl (C=O) groups excluding carboxylic acids is 1. The van der Waals surface area contributed by atoms with Gasteiger partial charge in [-0.3, -0.25) is 0 Å². The van der Waals surface area contributed by atoms with Crippen LogP contribution in [0.3, 0.4) is 0 Å². The molecule has 0 aliphatic rings. The first-order chi connectivity index (χ1) is 7.33. The molecule has 4 nitrogen and oxygen atoms in total. The summed E-state index contributed by atoms with van der Waals surface area (Å²) in [4.78, 5) is 15.2. The van der Waals surface area contributed by atoms with Crippen molar-refractivity contribution in [2.45, 2.75) is 0 Å². The summed E-state index contributed by atoms with van der Waals surface area (Å²) in [6.45, 7) is 1.92. The molecule has 0 aliphatic heterocycles. The van der Waals surface area contributed by atoms with Crippen molar-refractivity contribution in [2.75, 3.05) is 13.8 Å². The number of hydrogen-bond donors (Lipinski definition) is 0. The topological polar surface area (TPSA) is 43.6 Å². The van der Waals surface area contributed by atoms with Gasteiger partial charge in [0.1, 0.15) is 0 Å². The third kappa shape index (κ3) is 2.34. The van der Waals surface area contributed by atoms with Crippen molar-refractivity contribution in [1.29, 1.82) is 0 Å². The van der Waals surface area contributed by atoms with Crippen LogP contribution in [0.1, 0.15) is 10.4 Å². The molecule has 0 amide bonds. The highest BCUT2D eigenvalue weighted by molar-refractivity contribution is 7.15. The second kappa shape index (κ2) is 5.47. The summed E-state index contributed by atoms with van der Waals surface area (Å²) in [7, 11) is 3.78. The van der Waals surface area contributed by atoms with Gasteiger partial charge in [0.15, 0.2) is 0 Å². The molecule has 0 fully saturated rings. The van der Waals surface area contributed by atoms with Crippen LogP contribution in [0.5, 0.6) is 0 Å². The van der Waals surface area contributed by atoms with Gasteiger partial charge in [0.2, 0.25) is 0 Å². The molecule has 0 saturated heterocycles. The molecule has 80 valence electrons. The van der Waals surface area contributed by atoms with E-state index in [1.54, 1.807) is 29.1 Å². The molecule has 1 atom stereocenters. The van der Waals surface area contributed by atoms with E-state index in [2.05, 4.69) is 19.0 Å². The average Bonchev–Trinajstić information content (AvgIpc) is 2.78. The molecule has 15 heavy (non-hydrogen) atoms. The Bertz CT molecular complexity index is 453. The Morgan fingerprint density at radius 3 is 2.93 bits per heavy atom. The lowest BCUT2D eigenvalue weighted by molar-refractivity contribution is 0.0602. The molecule has 0 aromatic carbocycles. The molecule has 2 heterocycles. The number of aromatic nitrogens is 2. The number of ether oxygens (including phenoxy) is 1. The zero-order chi connectivity index (χ0) is 11.3. The van der Waals surface area contributed by atoms with Crippen molar-refractivity contribution in [1.82, 2.24) is 9.38 Å². The van der Waals surface area contributed by atoms with Crippen LogP contribution in [0.4, 0.5) is 0 Å². The van der Waals surface area contributed by atoms with Gasteiger partial charge in [-0.1, -0.05) is 6.66 Å². The van der Waals surface area contributed by atoms with E-state index in [-0.39, 0.29) is 5.97 Å². The second-order valence-corrected chi connectivity index (χ2v) is 2.60. The van der Waals surface area contributed by atoms with Crippen LogP contribution in [-0.2, 0) is 4.74 Å². The van der Waals surface area contributed by atoms with Crippen molar-refractivity contribution in [3.05, 3.63) is 36.4 Å². The van der Waals surface area contributed by atoms with Crippen molar-refractivity contribution < 1.29 is 9.53 Å². The summed E-state index contributed by atoms with van der Waals surface area (Å²) >= 11 is 0. The number of hydrogen-bond acceptors (Lipinski definition) is 3. The zero-order valence-corrected chi connectivity index (χ0v) is 9.83. The van der Waals surface area contributed by atoms with E-state index >= 15 is 0 Å². The average molecular weight is 224 g/mol. The highest BCUT2D eigenvalue weighted by Gasteiger charge is 2.09. The zero-order valence-electron chi connectivity index (χ0n) is 8.68. The molecule has 0 saturated carbocycles. The van der Waals surface area contributed by atoms with Gasteiger partial charge in [-0.15, -0.1) is 9.24 Å². The molecule has 0 N–H and O–H groups in total. The fraction of sp³-hybridized carbons (Fsp3) is 0.200. The molecular formula is C10H13N2O2P. The van der Waals surface area contributed by atoms with Crippen LogP contribution < -0.4 is 0 Å². The van der Waals surface area contributed by atoms with Crippen molar-refractivity contribution in [3.63, 3.8) is 0 Å². The number of esters is 1. The summed E-state index contributed by atoms with van der Waals surface area (Å²) in [5.74, 6) is -0.342. The van der Waals surface area contributed by atoms with E-state index in [9.17, 15) is 4.79 Å². The van der Waals surface area contributed by atoms with Crippen LogP contribution in [0.25, 0.3) is 5.52 Å². The maximum Gasteiger partial charge on any atom is 0.340 e. The van der Waals surface area contributed by atoms with Gasteiger partial charge >= 0.3 is 5.97 Å². The number of imidazole rings is 1. The highest BCUT2D eigenvalue weighted by Crippen LogP contribution is 2.10. The SMILES string of the molecule is COC(=O)c1cccn2cncc12.CP. The van der Waals surface area contributed by atoms with Crippen LogP contribution >= 0.6 is 9.24 Å². The summed E-state index contributed by atoms with van der Waals surface area (Å²) < 4.78 is 6.40. The van der Waals surface area contributed by atoms with Crippen molar-refractivity contribution in [2.24, 2.45) is 0 Å². The summed E-state index contributed by atoms with van der Waals surface area (Å²) in [6, 6.07) is 3.49. The van der Waals surface area contributed by atoms with E-state index in [1.807, 2.05) is 12.9 Å². The lowest BCUT2D eigenvalue weighted by Gasteiger charge is -2.00. The molecule has 2 rings (SSSR count). The molecule has 1 unspecified atom stereocenters. The molecule has 0 radical (unpaired) electrons. The largest absolute Gasteiger partial charge is 0.465 e. The lowest BCUT2D eigenvalue weighted by atomic mass is 10.2. The first-order valence-corrected chi connectivity index (χ1v) is 5.55. The van der Waals surface area contributed by atoms with E-state index in [1.165, 1.54) is 7.11 Å². The Balaban J connectivity index is 0.000000531. The Morgan fingerprint density at radius 2 is 2.27 bits per heavy atom.